The molecule has 1 N–H and O–H groups in total. The number of carbonyl (C=O) groups is 1. The highest BCUT2D eigenvalue weighted by Gasteiger charge is 2.23. The number of aromatic nitrogens is 6. The third kappa shape index (κ3) is 4.88. The molecule has 3 aromatic carbocycles. The Kier molecular flexibility index (Phi) is 6.67. The lowest BCUT2D eigenvalue weighted by Crippen LogP contribution is -2.18. The van der Waals surface area contributed by atoms with Crippen LogP contribution in [0.25, 0.3) is 28.0 Å². The number of ether oxygens (including phenoxy) is 1. The molecule has 0 bridgehead atoms. The minimum atomic E-state index is -0.434. The molecule has 0 unspecified atom stereocenters. The number of benzene rings is 3. The van der Waals surface area contributed by atoms with E-state index in [2.05, 4.69) is 15.6 Å². The second kappa shape index (κ2) is 10.7. The van der Waals surface area contributed by atoms with Gasteiger partial charge in [-0.05, 0) is 55.0 Å². The van der Waals surface area contributed by atoms with E-state index in [1.54, 1.807) is 17.9 Å². The fraction of sp³-hybridized carbons (Fsp3) is 0.0968. The van der Waals surface area contributed by atoms with E-state index in [0.717, 1.165) is 16.8 Å². The van der Waals surface area contributed by atoms with E-state index >= 15 is 0 Å². The Morgan fingerprint density at radius 2 is 1.71 bits per heavy atom. The van der Waals surface area contributed by atoms with Crippen molar-refractivity contribution in [3.05, 3.63) is 114 Å². The summed E-state index contributed by atoms with van der Waals surface area (Å²) in [6.07, 6.45) is 0. The molecule has 0 fully saturated rings. The zero-order valence-electron chi connectivity index (χ0n) is 22.3. The van der Waals surface area contributed by atoms with Crippen LogP contribution in [0.3, 0.4) is 0 Å². The quantitative estimate of drug-likeness (QED) is 0.296. The molecule has 0 aliphatic rings. The van der Waals surface area contributed by atoms with Crippen molar-refractivity contribution in [2.24, 2.45) is 0 Å². The van der Waals surface area contributed by atoms with E-state index in [-0.39, 0.29) is 11.5 Å². The number of nitrogens with one attached hydrogen (secondary N) is 1. The Balaban J connectivity index is 1.48. The Bertz CT molecular complexity index is 1900. The lowest BCUT2D eigenvalue weighted by molar-refractivity contribution is 0.102. The maximum absolute atomic E-state index is 14.0. The molecular formula is C31H24N8O2. The van der Waals surface area contributed by atoms with Crippen molar-refractivity contribution in [2.75, 3.05) is 12.4 Å². The Morgan fingerprint density at radius 1 is 1.00 bits per heavy atom. The van der Waals surface area contributed by atoms with Crippen LogP contribution < -0.4 is 10.1 Å². The molecule has 0 saturated carbocycles. The molecule has 10 heteroatoms. The van der Waals surface area contributed by atoms with Crippen molar-refractivity contribution >= 4 is 22.8 Å². The van der Waals surface area contributed by atoms with Crippen LogP contribution in [-0.2, 0) is 6.54 Å². The number of methoxy groups -OCH3 is 1. The molecule has 0 aliphatic heterocycles. The number of hydrogen-bond acceptors (Lipinski definition) is 7. The first-order valence-electron chi connectivity index (χ1n) is 12.8. The molecule has 1 amide bonds. The summed E-state index contributed by atoms with van der Waals surface area (Å²) >= 11 is 0. The van der Waals surface area contributed by atoms with Gasteiger partial charge in [-0.3, -0.25) is 4.79 Å². The molecule has 6 aromatic rings. The van der Waals surface area contributed by atoms with Gasteiger partial charge in [-0.15, -0.1) is 5.10 Å². The zero-order valence-corrected chi connectivity index (χ0v) is 22.3. The van der Waals surface area contributed by atoms with Crippen LogP contribution in [0.5, 0.6) is 5.75 Å². The molecule has 3 aromatic heterocycles. The van der Waals surface area contributed by atoms with Crippen molar-refractivity contribution in [3.63, 3.8) is 0 Å². The minimum Gasteiger partial charge on any atom is -0.497 e. The number of carbonyl (C=O) groups excluding carboxylic acids is 1. The van der Waals surface area contributed by atoms with Crippen molar-refractivity contribution in [1.82, 2.24) is 29.8 Å². The summed E-state index contributed by atoms with van der Waals surface area (Å²) in [4.78, 5) is 18.9. The molecule has 0 atom stereocenters. The fourth-order valence-corrected chi connectivity index (χ4v) is 4.68. The van der Waals surface area contributed by atoms with E-state index in [4.69, 9.17) is 14.8 Å². The number of aryl methyl sites for hydroxylation is 1. The molecule has 6 rings (SSSR count). The predicted octanol–water partition coefficient (Wildman–Crippen LogP) is 5.17. The number of nitrogens with zero attached hydrogens (tertiary/aromatic N) is 7. The van der Waals surface area contributed by atoms with Gasteiger partial charge in [0.15, 0.2) is 11.5 Å². The summed E-state index contributed by atoms with van der Waals surface area (Å²) in [6, 6.07) is 30.5. The second-order valence-electron chi connectivity index (χ2n) is 9.31. The fourth-order valence-electron chi connectivity index (χ4n) is 4.68. The molecule has 0 aliphatic carbocycles. The molecule has 41 heavy (non-hydrogen) atoms. The van der Waals surface area contributed by atoms with Gasteiger partial charge in [-0.1, -0.05) is 53.7 Å². The molecule has 0 spiro atoms. The first kappa shape index (κ1) is 25.5. The number of rotatable bonds is 7. The van der Waals surface area contributed by atoms with E-state index in [0.29, 0.717) is 40.3 Å². The topological polar surface area (TPSA) is 124 Å². The number of para-hydroxylation sites is 1. The van der Waals surface area contributed by atoms with Gasteiger partial charge in [0.05, 0.1) is 41.7 Å². The molecule has 0 radical (unpaired) electrons. The van der Waals surface area contributed by atoms with Crippen molar-refractivity contribution in [3.8, 4) is 28.8 Å². The maximum Gasteiger partial charge on any atom is 0.257 e. The maximum atomic E-state index is 14.0. The Labute approximate surface area is 235 Å². The molecule has 0 saturated heterocycles. The second-order valence-corrected chi connectivity index (χ2v) is 9.31. The van der Waals surface area contributed by atoms with Gasteiger partial charge < -0.3 is 10.1 Å². The van der Waals surface area contributed by atoms with Crippen LogP contribution in [0.2, 0.25) is 0 Å². The van der Waals surface area contributed by atoms with E-state index in [1.165, 1.54) is 4.68 Å². The summed E-state index contributed by atoms with van der Waals surface area (Å²) in [5.41, 5.74) is 4.69. The summed E-state index contributed by atoms with van der Waals surface area (Å²) in [5.74, 6) is 0.488. The van der Waals surface area contributed by atoms with Crippen LogP contribution in [0.4, 0.5) is 5.82 Å². The molecule has 3 heterocycles. The lowest BCUT2D eigenvalue weighted by atomic mass is 10.0. The highest BCUT2D eigenvalue weighted by molar-refractivity contribution is 6.13. The highest BCUT2D eigenvalue weighted by Crippen LogP contribution is 2.30. The third-order valence-corrected chi connectivity index (χ3v) is 6.69. The van der Waals surface area contributed by atoms with Crippen molar-refractivity contribution in [2.45, 2.75) is 13.5 Å². The SMILES string of the molecule is COc1ccc(-c2cc(C(=O)Nc3c(C#N)nnn3Cc3ccccc3)c3c(C)nn(-c4ccccc4)c3n2)cc1. The minimum absolute atomic E-state index is 0.0201. The summed E-state index contributed by atoms with van der Waals surface area (Å²) in [7, 11) is 1.61. The standard InChI is InChI=1S/C31H24N8O2/c1-20-28-25(31(40)34-29-27(18-32)35-37-38(29)19-21-9-5-3-6-10-21)17-26(22-13-15-24(41-2)16-14-22)33-30(28)39(36-20)23-11-7-4-8-12-23/h3-17H,19H2,1-2H3,(H,34,40). The van der Waals surface area contributed by atoms with Gasteiger partial charge in [0, 0.05) is 5.56 Å². The zero-order chi connectivity index (χ0) is 28.3. The van der Waals surface area contributed by atoms with Gasteiger partial charge in [0.25, 0.3) is 5.91 Å². The van der Waals surface area contributed by atoms with E-state index in [1.807, 2.05) is 97.9 Å². The number of fused-ring (bicyclic) bond motifs is 1. The molecular weight excluding hydrogens is 516 g/mol. The normalized spacial score (nSPS) is 10.9. The van der Waals surface area contributed by atoms with Crippen LogP contribution >= 0.6 is 0 Å². The molecule has 200 valence electrons. The van der Waals surface area contributed by atoms with Gasteiger partial charge in [0.2, 0.25) is 5.69 Å². The first-order chi connectivity index (χ1) is 20.1. The number of nitriles is 1. The number of pyridine rings is 1. The van der Waals surface area contributed by atoms with E-state index in [9.17, 15) is 10.1 Å². The van der Waals surface area contributed by atoms with Gasteiger partial charge >= 0.3 is 0 Å². The monoisotopic (exact) mass is 540 g/mol. The van der Waals surface area contributed by atoms with Crippen LogP contribution in [0.15, 0.2) is 91.0 Å². The smallest absolute Gasteiger partial charge is 0.257 e. The van der Waals surface area contributed by atoms with Crippen molar-refractivity contribution < 1.29 is 9.53 Å². The van der Waals surface area contributed by atoms with Crippen LogP contribution in [0.1, 0.15) is 27.3 Å². The Morgan fingerprint density at radius 3 is 2.39 bits per heavy atom. The highest BCUT2D eigenvalue weighted by atomic mass is 16.5. The predicted molar refractivity (Wildman–Crippen MR) is 154 cm³/mol. The summed E-state index contributed by atoms with van der Waals surface area (Å²) < 4.78 is 8.55. The van der Waals surface area contributed by atoms with Crippen molar-refractivity contribution in [1.29, 1.82) is 5.26 Å². The summed E-state index contributed by atoms with van der Waals surface area (Å²) in [6.45, 7) is 2.17. The average molecular weight is 541 g/mol. The van der Waals surface area contributed by atoms with Crippen LogP contribution in [0, 0.1) is 18.3 Å². The van der Waals surface area contributed by atoms with Crippen LogP contribution in [-0.4, -0.2) is 42.8 Å². The van der Waals surface area contributed by atoms with Gasteiger partial charge in [-0.2, -0.15) is 10.4 Å². The third-order valence-electron chi connectivity index (χ3n) is 6.69. The first-order valence-corrected chi connectivity index (χ1v) is 12.8. The number of amides is 1. The van der Waals surface area contributed by atoms with E-state index < -0.39 is 5.91 Å². The average Bonchev–Trinajstić information content (AvgIpc) is 3.57. The van der Waals surface area contributed by atoms with Gasteiger partial charge in [-0.25, -0.2) is 14.3 Å². The number of hydrogen-bond donors (Lipinski definition) is 1. The lowest BCUT2D eigenvalue weighted by Gasteiger charge is -2.12. The summed E-state index contributed by atoms with van der Waals surface area (Å²) in [5, 5.41) is 26.1. The Hall–Kier alpha value is -5.82. The largest absolute Gasteiger partial charge is 0.497 e. The number of anilines is 1. The van der Waals surface area contributed by atoms with Gasteiger partial charge in [0.1, 0.15) is 11.8 Å². The molecule has 10 nitrogen and oxygen atoms in total.